The number of nitrogens with zero attached hydrogens (tertiary/aromatic N) is 4. The van der Waals surface area contributed by atoms with E-state index >= 15 is 0 Å². The van der Waals surface area contributed by atoms with E-state index in [1.54, 1.807) is 25.3 Å². The van der Waals surface area contributed by atoms with E-state index in [4.69, 9.17) is 22.1 Å². The van der Waals surface area contributed by atoms with Crippen molar-refractivity contribution < 1.29 is 9.13 Å². The predicted molar refractivity (Wildman–Crippen MR) is 130 cm³/mol. The number of hydrogen-bond acceptors (Lipinski definition) is 8. The summed E-state index contributed by atoms with van der Waals surface area (Å²) < 4.78 is 22.8. The van der Waals surface area contributed by atoms with Gasteiger partial charge >= 0.3 is 0 Å². The standard InChI is InChI=1S/C21H21ClFN7OS/c1-25-9-13-6-17(19(24)29-20(13)28-11-26-2)12-4-15(23)8-16(5-12)30-32-18-7-14(22)10-27-21(18)31-3/h4-10,26,30H,1,11H2,2-3H3,(H2,24,28,29)/b13-9-. The van der Waals surface area contributed by atoms with Gasteiger partial charge in [-0.25, -0.2) is 14.4 Å². The van der Waals surface area contributed by atoms with Gasteiger partial charge in [-0.1, -0.05) is 11.6 Å². The number of nitrogens with one attached hydrogen (secondary N) is 2. The van der Waals surface area contributed by atoms with Gasteiger partial charge < -0.3 is 20.5 Å². The van der Waals surface area contributed by atoms with Crippen molar-refractivity contribution in [3.05, 3.63) is 64.7 Å². The molecule has 11 heteroatoms. The van der Waals surface area contributed by atoms with E-state index < -0.39 is 5.82 Å². The molecule has 0 amide bonds. The van der Waals surface area contributed by atoms with Crippen molar-refractivity contribution in [2.45, 2.75) is 4.90 Å². The quantitative estimate of drug-likeness (QED) is 0.396. The van der Waals surface area contributed by atoms with Crippen molar-refractivity contribution in [1.29, 1.82) is 0 Å². The normalized spacial score (nSPS) is 16.0. The average molecular weight is 474 g/mol. The smallest absolute Gasteiger partial charge is 0.228 e. The number of aliphatic imine (C=N–C) groups is 3. The van der Waals surface area contributed by atoms with Crippen LogP contribution in [0.3, 0.4) is 0 Å². The molecule has 8 nitrogen and oxygen atoms in total. The molecule has 2 heterocycles. The number of aromatic nitrogens is 1. The molecule has 2 aromatic rings. The van der Waals surface area contributed by atoms with Gasteiger partial charge in [0.2, 0.25) is 5.88 Å². The molecule has 0 saturated heterocycles. The van der Waals surface area contributed by atoms with Gasteiger partial charge in [-0.2, -0.15) is 0 Å². The third kappa shape index (κ3) is 5.72. The third-order valence-electron chi connectivity index (χ3n) is 4.14. The fraction of sp³-hybridized carbons (Fsp3) is 0.143. The molecule has 1 aliphatic heterocycles. The van der Waals surface area contributed by atoms with Crippen LogP contribution in [0.2, 0.25) is 5.02 Å². The lowest BCUT2D eigenvalue weighted by Gasteiger charge is -2.16. The Morgan fingerprint density at radius 1 is 1.34 bits per heavy atom. The zero-order valence-corrected chi connectivity index (χ0v) is 19.0. The van der Waals surface area contributed by atoms with Crippen LogP contribution >= 0.6 is 23.5 Å². The molecule has 0 unspecified atom stereocenters. The summed E-state index contributed by atoms with van der Waals surface area (Å²) in [5, 5.41) is 3.37. The number of dihydropyridines is 1. The van der Waals surface area contributed by atoms with E-state index in [1.807, 2.05) is 0 Å². The first-order valence-electron chi connectivity index (χ1n) is 9.30. The summed E-state index contributed by atoms with van der Waals surface area (Å²) in [6.45, 7) is 3.84. The summed E-state index contributed by atoms with van der Waals surface area (Å²) in [7, 11) is 3.28. The molecule has 1 aromatic carbocycles. The number of anilines is 1. The molecule has 0 atom stereocenters. The topological polar surface area (TPSA) is 109 Å². The van der Waals surface area contributed by atoms with Crippen molar-refractivity contribution in [1.82, 2.24) is 10.3 Å². The minimum atomic E-state index is -0.447. The lowest BCUT2D eigenvalue weighted by atomic mass is 9.99. The fourth-order valence-electron chi connectivity index (χ4n) is 2.79. The molecule has 0 fully saturated rings. The fourth-order valence-corrected chi connectivity index (χ4v) is 3.77. The van der Waals surface area contributed by atoms with Gasteiger partial charge in [-0.15, -0.1) is 0 Å². The highest BCUT2D eigenvalue weighted by Crippen LogP contribution is 2.32. The molecule has 166 valence electrons. The van der Waals surface area contributed by atoms with Gasteiger partial charge in [0.25, 0.3) is 0 Å². The van der Waals surface area contributed by atoms with Crippen LogP contribution in [0.4, 0.5) is 10.1 Å². The molecular formula is C21H21ClFN7OS. The first-order chi connectivity index (χ1) is 15.4. The first-order valence-corrected chi connectivity index (χ1v) is 10.5. The van der Waals surface area contributed by atoms with Crippen LogP contribution < -0.4 is 20.5 Å². The summed E-state index contributed by atoms with van der Waals surface area (Å²) >= 11 is 7.21. The Bertz CT molecular complexity index is 1150. The Kier molecular flexibility index (Phi) is 7.98. The Morgan fingerprint density at radius 3 is 2.88 bits per heavy atom. The van der Waals surface area contributed by atoms with Gasteiger partial charge in [0.15, 0.2) is 5.84 Å². The zero-order valence-electron chi connectivity index (χ0n) is 17.4. The van der Waals surface area contributed by atoms with E-state index in [1.165, 1.54) is 43.6 Å². The first kappa shape index (κ1) is 23.5. The average Bonchev–Trinajstić information content (AvgIpc) is 2.77. The van der Waals surface area contributed by atoms with Gasteiger partial charge in [-0.05, 0) is 61.6 Å². The molecule has 1 aliphatic rings. The molecule has 0 bridgehead atoms. The van der Waals surface area contributed by atoms with E-state index in [0.29, 0.717) is 50.7 Å². The number of benzene rings is 1. The number of hydrogen-bond donors (Lipinski definition) is 3. The molecular weight excluding hydrogens is 453 g/mol. The van der Waals surface area contributed by atoms with Gasteiger partial charge in [0, 0.05) is 29.2 Å². The lowest BCUT2D eigenvalue weighted by molar-refractivity contribution is 0.387. The highest BCUT2D eigenvalue weighted by molar-refractivity contribution is 8.00. The Hall–Kier alpha value is -3.21. The van der Waals surface area contributed by atoms with Crippen LogP contribution in [-0.4, -0.2) is 44.2 Å². The molecule has 0 spiro atoms. The summed E-state index contributed by atoms with van der Waals surface area (Å²) in [4.78, 5) is 17.2. The van der Waals surface area contributed by atoms with Crippen molar-refractivity contribution in [2.75, 3.05) is 25.5 Å². The maximum Gasteiger partial charge on any atom is 0.228 e. The predicted octanol–water partition coefficient (Wildman–Crippen LogP) is 3.92. The SMILES string of the molecule is C=N/C=C1/C=C(c2cc(F)cc(NSc3cc(Cl)cnc3OC)c2)C(N)=N/C1=N/CNC. The molecule has 32 heavy (non-hydrogen) atoms. The Balaban J connectivity index is 1.91. The second-order valence-electron chi connectivity index (χ2n) is 6.41. The summed E-state index contributed by atoms with van der Waals surface area (Å²) in [5.74, 6) is 0.581. The molecule has 0 saturated carbocycles. The minimum absolute atomic E-state index is 0.214. The Morgan fingerprint density at radius 2 is 2.16 bits per heavy atom. The monoisotopic (exact) mass is 473 g/mol. The highest BCUT2D eigenvalue weighted by atomic mass is 35.5. The van der Waals surface area contributed by atoms with Crippen molar-refractivity contribution in [2.24, 2.45) is 20.7 Å². The molecule has 4 N–H and O–H groups in total. The Labute approximate surface area is 194 Å². The summed E-state index contributed by atoms with van der Waals surface area (Å²) in [6, 6.07) is 6.19. The van der Waals surface area contributed by atoms with E-state index in [-0.39, 0.29) is 5.84 Å². The van der Waals surface area contributed by atoms with Crippen LogP contribution in [0.25, 0.3) is 5.57 Å². The van der Waals surface area contributed by atoms with E-state index in [9.17, 15) is 4.39 Å². The van der Waals surface area contributed by atoms with Crippen LogP contribution in [0.5, 0.6) is 5.88 Å². The number of ether oxygens (including phenoxy) is 1. The minimum Gasteiger partial charge on any atom is -0.480 e. The van der Waals surface area contributed by atoms with Crippen LogP contribution in [0.1, 0.15) is 5.56 Å². The highest BCUT2D eigenvalue weighted by Gasteiger charge is 2.18. The van der Waals surface area contributed by atoms with Gasteiger partial charge in [-0.3, -0.25) is 9.98 Å². The maximum absolute atomic E-state index is 14.4. The third-order valence-corrected chi connectivity index (χ3v) is 5.20. The van der Waals surface area contributed by atoms with Crippen molar-refractivity contribution in [3.63, 3.8) is 0 Å². The van der Waals surface area contributed by atoms with Gasteiger partial charge in [0.05, 0.1) is 23.7 Å². The molecule has 0 radical (unpaired) electrons. The van der Waals surface area contributed by atoms with Crippen molar-refractivity contribution in [3.8, 4) is 5.88 Å². The number of rotatable bonds is 8. The number of amidine groups is 2. The molecule has 1 aromatic heterocycles. The van der Waals surface area contributed by atoms with Crippen LogP contribution in [0, 0.1) is 5.82 Å². The number of pyridine rings is 1. The van der Waals surface area contributed by atoms with E-state index in [2.05, 4.69) is 36.7 Å². The maximum atomic E-state index is 14.4. The lowest BCUT2D eigenvalue weighted by Crippen LogP contribution is -2.22. The molecule has 0 aliphatic carbocycles. The van der Waals surface area contributed by atoms with E-state index in [0.717, 1.165) is 0 Å². The summed E-state index contributed by atoms with van der Waals surface area (Å²) in [6.07, 6.45) is 4.76. The molecule has 3 rings (SSSR count). The number of halogens is 2. The number of nitrogens with two attached hydrogens (primary N) is 1. The van der Waals surface area contributed by atoms with Crippen LogP contribution in [0.15, 0.2) is 68.2 Å². The van der Waals surface area contributed by atoms with Crippen LogP contribution in [-0.2, 0) is 0 Å². The largest absolute Gasteiger partial charge is 0.480 e. The second kappa shape index (κ2) is 10.9. The van der Waals surface area contributed by atoms with Crippen molar-refractivity contribution >= 4 is 53.2 Å². The van der Waals surface area contributed by atoms with Gasteiger partial charge in [0.1, 0.15) is 11.7 Å². The summed E-state index contributed by atoms with van der Waals surface area (Å²) in [5.41, 5.74) is 8.36. The number of methoxy groups -OCH3 is 1. The zero-order chi connectivity index (χ0) is 23.1. The second-order valence-corrected chi connectivity index (χ2v) is 7.69.